The maximum absolute atomic E-state index is 13.0. The molecule has 0 amide bonds. The molecule has 0 unspecified atom stereocenters. The third kappa shape index (κ3) is 3.97. The summed E-state index contributed by atoms with van der Waals surface area (Å²) in [5.74, 6) is -0.273. The predicted molar refractivity (Wildman–Crippen MR) is 74.6 cm³/mol. The van der Waals surface area contributed by atoms with Crippen molar-refractivity contribution in [2.75, 3.05) is 12.4 Å². The summed E-state index contributed by atoms with van der Waals surface area (Å²) in [7, 11) is 1.50. The van der Waals surface area contributed by atoms with Crippen molar-refractivity contribution in [3.05, 3.63) is 26.9 Å². The zero-order valence-electron chi connectivity index (χ0n) is 8.84. The summed E-state index contributed by atoms with van der Waals surface area (Å²) in [5, 5.41) is 2.78. The van der Waals surface area contributed by atoms with Gasteiger partial charge in [0.15, 0.2) is 0 Å². The van der Waals surface area contributed by atoms with Crippen molar-refractivity contribution in [2.45, 2.75) is 0 Å². The van der Waals surface area contributed by atoms with Crippen LogP contribution in [-0.2, 0) is 0 Å². The largest absolute Gasteiger partial charge is 0.369 e. The van der Waals surface area contributed by atoms with Crippen molar-refractivity contribution in [3.8, 4) is 0 Å². The summed E-state index contributed by atoms with van der Waals surface area (Å²) in [6.07, 6.45) is 0. The molecule has 8 heteroatoms. The van der Waals surface area contributed by atoms with Gasteiger partial charge in [-0.15, -0.1) is 0 Å². The molecule has 92 valence electrons. The van der Waals surface area contributed by atoms with Crippen molar-refractivity contribution < 1.29 is 4.39 Å². The number of benzene rings is 1. The quantitative estimate of drug-likeness (QED) is 0.524. The van der Waals surface area contributed by atoms with E-state index in [-0.39, 0.29) is 17.7 Å². The molecular formula is C9H10Br2FN5. The average molecular weight is 367 g/mol. The zero-order chi connectivity index (χ0) is 13.0. The molecule has 1 aromatic carbocycles. The zero-order valence-corrected chi connectivity index (χ0v) is 12.0. The molecule has 0 atom stereocenters. The highest BCUT2D eigenvalue weighted by atomic mass is 79.9. The van der Waals surface area contributed by atoms with E-state index in [4.69, 9.17) is 11.5 Å². The van der Waals surface area contributed by atoms with E-state index < -0.39 is 0 Å². The van der Waals surface area contributed by atoms with Crippen LogP contribution >= 0.6 is 31.9 Å². The summed E-state index contributed by atoms with van der Waals surface area (Å²) < 4.78 is 14.0. The van der Waals surface area contributed by atoms with Crippen LogP contribution in [-0.4, -0.2) is 19.0 Å². The molecule has 5 nitrogen and oxygen atoms in total. The van der Waals surface area contributed by atoms with Gasteiger partial charge in [0.25, 0.3) is 0 Å². The number of anilines is 1. The highest BCUT2D eigenvalue weighted by Crippen LogP contribution is 2.31. The van der Waals surface area contributed by atoms with Gasteiger partial charge < -0.3 is 16.8 Å². The fourth-order valence-corrected chi connectivity index (χ4v) is 2.32. The lowest BCUT2D eigenvalue weighted by Gasteiger charge is -2.10. The topological polar surface area (TPSA) is 88.8 Å². The van der Waals surface area contributed by atoms with E-state index in [1.54, 1.807) is 0 Å². The first-order chi connectivity index (χ1) is 7.93. The number of hydrogen-bond acceptors (Lipinski definition) is 1. The standard InChI is InChI=1S/C9H10Br2FN5/c1-15-8(13)17-9(14)16-7-5(10)2-4(12)3-6(7)11/h2-3H,1H3,(H5,13,14,15,16,17). The first-order valence-corrected chi connectivity index (χ1v) is 6.00. The minimum absolute atomic E-state index is 0.0457. The van der Waals surface area contributed by atoms with Crippen LogP contribution in [0.3, 0.4) is 0 Å². The van der Waals surface area contributed by atoms with E-state index in [1.807, 2.05) is 0 Å². The van der Waals surface area contributed by atoms with Gasteiger partial charge in [0.2, 0.25) is 11.9 Å². The molecule has 1 aromatic rings. The van der Waals surface area contributed by atoms with Crippen LogP contribution in [0.25, 0.3) is 0 Å². The molecule has 0 bridgehead atoms. The van der Waals surface area contributed by atoms with Crippen LogP contribution in [0.1, 0.15) is 0 Å². The smallest absolute Gasteiger partial charge is 0.218 e. The van der Waals surface area contributed by atoms with Gasteiger partial charge in [0.1, 0.15) is 5.82 Å². The van der Waals surface area contributed by atoms with Crippen LogP contribution in [0.2, 0.25) is 0 Å². The van der Waals surface area contributed by atoms with Crippen LogP contribution < -0.4 is 16.8 Å². The Morgan fingerprint density at radius 1 is 1.29 bits per heavy atom. The Labute approximate surface area is 114 Å². The highest BCUT2D eigenvalue weighted by Gasteiger charge is 2.08. The lowest BCUT2D eigenvalue weighted by Crippen LogP contribution is -2.26. The van der Waals surface area contributed by atoms with Crippen LogP contribution in [0.4, 0.5) is 10.1 Å². The van der Waals surface area contributed by atoms with E-state index in [1.165, 1.54) is 19.2 Å². The number of nitrogens with two attached hydrogens (primary N) is 2. The maximum atomic E-state index is 13.0. The van der Waals surface area contributed by atoms with Gasteiger partial charge in [-0.3, -0.25) is 4.99 Å². The lowest BCUT2D eigenvalue weighted by atomic mass is 10.3. The highest BCUT2D eigenvalue weighted by molar-refractivity contribution is 9.11. The number of guanidine groups is 2. The first-order valence-electron chi connectivity index (χ1n) is 4.42. The number of rotatable bonds is 1. The fourth-order valence-electron chi connectivity index (χ4n) is 0.991. The SMILES string of the molecule is CN=C(N)N=C(N)Nc1c(Br)cc(F)cc1Br. The summed E-state index contributed by atoms with van der Waals surface area (Å²) in [4.78, 5) is 7.40. The van der Waals surface area contributed by atoms with Crippen LogP contribution in [0.5, 0.6) is 0 Å². The minimum atomic E-state index is -0.376. The van der Waals surface area contributed by atoms with Crippen molar-refractivity contribution in [1.29, 1.82) is 0 Å². The number of halogens is 3. The Balaban J connectivity index is 3.00. The van der Waals surface area contributed by atoms with E-state index in [0.29, 0.717) is 14.6 Å². The van der Waals surface area contributed by atoms with Gasteiger partial charge in [0.05, 0.1) is 5.69 Å². The van der Waals surface area contributed by atoms with Gasteiger partial charge in [-0.2, -0.15) is 4.99 Å². The third-order valence-electron chi connectivity index (χ3n) is 1.72. The number of hydrogen-bond donors (Lipinski definition) is 3. The summed E-state index contributed by atoms with van der Waals surface area (Å²) in [5.41, 5.74) is 11.5. The molecule has 0 aliphatic carbocycles. The molecule has 0 spiro atoms. The molecule has 17 heavy (non-hydrogen) atoms. The minimum Gasteiger partial charge on any atom is -0.369 e. The Morgan fingerprint density at radius 3 is 2.29 bits per heavy atom. The van der Waals surface area contributed by atoms with Crippen molar-refractivity contribution >= 4 is 49.5 Å². The van der Waals surface area contributed by atoms with E-state index >= 15 is 0 Å². The second kappa shape index (κ2) is 5.97. The molecule has 0 radical (unpaired) electrons. The molecule has 0 aliphatic rings. The fraction of sp³-hybridized carbons (Fsp3) is 0.111. The molecule has 0 saturated heterocycles. The Bertz CT molecular complexity index is 463. The Kier molecular flexibility index (Phi) is 4.88. The van der Waals surface area contributed by atoms with E-state index in [9.17, 15) is 4.39 Å². The normalized spacial score (nSPS) is 12.7. The number of nitrogens with zero attached hydrogens (tertiary/aromatic N) is 2. The van der Waals surface area contributed by atoms with Crippen molar-refractivity contribution in [1.82, 2.24) is 0 Å². The molecule has 0 aromatic heterocycles. The second-order valence-electron chi connectivity index (χ2n) is 2.95. The summed E-state index contributed by atoms with van der Waals surface area (Å²) in [6, 6.07) is 2.61. The van der Waals surface area contributed by atoms with Crippen LogP contribution in [0.15, 0.2) is 31.1 Å². The molecule has 0 fully saturated rings. The van der Waals surface area contributed by atoms with E-state index in [2.05, 4.69) is 47.2 Å². The second-order valence-corrected chi connectivity index (χ2v) is 4.66. The number of nitrogens with one attached hydrogen (secondary N) is 1. The monoisotopic (exact) mass is 365 g/mol. The van der Waals surface area contributed by atoms with Gasteiger partial charge >= 0.3 is 0 Å². The number of aliphatic imine (C=N–C) groups is 2. The van der Waals surface area contributed by atoms with Gasteiger partial charge in [-0.25, -0.2) is 4.39 Å². The van der Waals surface area contributed by atoms with Crippen molar-refractivity contribution in [2.24, 2.45) is 21.5 Å². The molecule has 5 N–H and O–H groups in total. The first kappa shape index (κ1) is 13.9. The molecule has 0 aliphatic heterocycles. The molecule has 0 saturated carbocycles. The molecule has 0 heterocycles. The predicted octanol–water partition coefficient (Wildman–Crippen LogP) is 2.02. The van der Waals surface area contributed by atoms with Gasteiger partial charge in [-0.1, -0.05) is 0 Å². The third-order valence-corrected chi connectivity index (χ3v) is 2.97. The maximum Gasteiger partial charge on any atom is 0.218 e. The molecule has 1 rings (SSSR count). The van der Waals surface area contributed by atoms with Gasteiger partial charge in [-0.05, 0) is 44.0 Å². The summed E-state index contributed by atoms with van der Waals surface area (Å²) in [6.45, 7) is 0. The summed E-state index contributed by atoms with van der Waals surface area (Å²) >= 11 is 6.41. The Hall–Kier alpha value is -1.15. The van der Waals surface area contributed by atoms with Gasteiger partial charge in [0, 0.05) is 16.0 Å². The average Bonchev–Trinajstić information content (AvgIpc) is 2.23. The van der Waals surface area contributed by atoms with Crippen LogP contribution in [0, 0.1) is 5.82 Å². The van der Waals surface area contributed by atoms with E-state index in [0.717, 1.165) is 0 Å². The Morgan fingerprint density at radius 2 is 1.82 bits per heavy atom. The lowest BCUT2D eigenvalue weighted by molar-refractivity contribution is 0.626. The van der Waals surface area contributed by atoms with Crippen molar-refractivity contribution in [3.63, 3.8) is 0 Å². The molecular weight excluding hydrogens is 357 g/mol.